The molecule has 3 aromatic carbocycles. The second-order valence-electron chi connectivity index (χ2n) is 6.56. The molecular weight excluding hydrogens is 405 g/mol. The van der Waals surface area contributed by atoms with Gasteiger partial charge >= 0.3 is 0 Å². The Balaban J connectivity index is 1.55. The van der Waals surface area contributed by atoms with Crippen LogP contribution in [0.3, 0.4) is 0 Å². The Morgan fingerprint density at radius 2 is 1.59 bits per heavy atom. The number of nitrogens with one attached hydrogen (secondary N) is 1. The lowest BCUT2D eigenvalue weighted by atomic mass is 10.2. The van der Waals surface area contributed by atoms with Gasteiger partial charge in [0.05, 0.1) is 6.21 Å². The second-order valence-corrected chi connectivity index (χ2v) is 7.43. The average molecular weight is 422 g/mol. The summed E-state index contributed by atoms with van der Waals surface area (Å²) in [7, 11) is 0. The van der Waals surface area contributed by atoms with Crippen LogP contribution in [0, 0.1) is 0 Å². The Morgan fingerprint density at radius 3 is 2.31 bits per heavy atom. The highest BCUT2D eigenvalue weighted by molar-refractivity contribution is 6.30. The number of hydrazone groups is 1. The number of fused-ring (bicyclic) bond motifs is 1. The third-order valence-electron chi connectivity index (χ3n) is 4.56. The van der Waals surface area contributed by atoms with Gasteiger partial charge in [-0.1, -0.05) is 53.5 Å². The van der Waals surface area contributed by atoms with E-state index in [2.05, 4.69) is 21.2 Å². The van der Waals surface area contributed by atoms with Crippen molar-refractivity contribution < 1.29 is 4.79 Å². The van der Waals surface area contributed by atoms with Crippen molar-refractivity contribution in [3.8, 4) is 0 Å². The lowest BCUT2D eigenvalue weighted by Crippen LogP contribution is -2.17. The van der Waals surface area contributed by atoms with Crippen LogP contribution < -0.4 is 5.43 Å². The Labute approximate surface area is 178 Å². The molecule has 4 nitrogen and oxygen atoms in total. The second kappa shape index (κ2) is 8.52. The molecule has 0 radical (unpaired) electrons. The van der Waals surface area contributed by atoms with Crippen molar-refractivity contribution in [2.45, 2.75) is 6.54 Å². The molecule has 0 saturated carbocycles. The Morgan fingerprint density at radius 1 is 0.931 bits per heavy atom. The fraction of sp³-hybridized carbons (Fsp3) is 0.0435. The minimum atomic E-state index is -0.289. The van der Waals surface area contributed by atoms with Crippen molar-refractivity contribution in [3.05, 3.63) is 106 Å². The van der Waals surface area contributed by atoms with E-state index in [-0.39, 0.29) is 5.91 Å². The summed E-state index contributed by atoms with van der Waals surface area (Å²) in [6.45, 7) is 0.711. The summed E-state index contributed by atoms with van der Waals surface area (Å²) >= 11 is 11.8. The average Bonchev–Trinajstić information content (AvgIpc) is 3.08. The molecule has 1 heterocycles. The van der Waals surface area contributed by atoms with Gasteiger partial charge in [-0.15, -0.1) is 0 Å². The summed E-state index contributed by atoms with van der Waals surface area (Å²) in [5.74, 6) is -0.289. The summed E-state index contributed by atoms with van der Waals surface area (Å²) in [4.78, 5) is 12.2. The number of para-hydroxylation sites is 1. The standard InChI is InChI=1S/C23H17Cl2N3O/c24-19-9-5-16(6-10-19)14-28-15-18(21-3-1-2-4-22(21)28)13-26-27-23(29)17-7-11-20(25)12-8-17/h1-13,15H,14H2,(H,27,29). The van der Waals surface area contributed by atoms with Gasteiger partial charge in [0.15, 0.2) is 0 Å². The Hall–Kier alpha value is -3.08. The highest BCUT2D eigenvalue weighted by Crippen LogP contribution is 2.22. The van der Waals surface area contributed by atoms with Crippen molar-refractivity contribution in [3.63, 3.8) is 0 Å². The number of hydrogen-bond acceptors (Lipinski definition) is 2. The topological polar surface area (TPSA) is 46.4 Å². The molecule has 1 aromatic heterocycles. The van der Waals surface area contributed by atoms with E-state index in [1.807, 2.05) is 48.7 Å². The summed E-state index contributed by atoms with van der Waals surface area (Å²) < 4.78 is 2.15. The predicted molar refractivity (Wildman–Crippen MR) is 119 cm³/mol. The van der Waals surface area contributed by atoms with Crippen molar-refractivity contribution in [2.75, 3.05) is 0 Å². The van der Waals surface area contributed by atoms with Gasteiger partial charge in [0.2, 0.25) is 0 Å². The van der Waals surface area contributed by atoms with Crippen LogP contribution in [-0.4, -0.2) is 16.7 Å². The number of benzene rings is 3. The van der Waals surface area contributed by atoms with Crippen LogP contribution in [0.1, 0.15) is 21.5 Å². The molecule has 6 heteroatoms. The molecule has 4 rings (SSSR count). The number of carbonyl (C=O) groups is 1. The largest absolute Gasteiger partial charge is 0.342 e. The minimum absolute atomic E-state index is 0.289. The number of halogens is 2. The van der Waals surface area contributed by atoms with Gasteiger partial charge < -0.3 is 4.57 Å². The Kier molecular flexibility index (Phi) is 5.65. The van der Waals surface area contributed by atoms with Crippen molar-refractivity contribution in [1.29, 1.82) is 0 Å². The van der Waals surface area contributed by atoms with E-state index in [1.165, 1.54) is 0 Å². The molecule has 1 amide bonds. The van der Waals surface area contributed by atoms with Gasteiger partial charge in [0.1, 0.15) is 0 Å². The maximum atomic E-state index is 12.2. The summed E-state index contributed by atoms with van der Waals surface area (Å²) in [5.41, 5.74) is 6.22. The molecule has 144 valence electrons. The first kappa shape index (κ1) is 19.2. The fourth-order valence-corrected chi connectivity index (χ4v) is 3.37. The maximum Gasteiger partial charge on any atom is 0.271 e. The molecule has 0 saturated heterocycles. The zero-order chi connectivity index (χ0) is 20.2. The van der Waals surface area contributed by atoms with Gasteiger partial charge in [-0.2, -0.15) is 5.10 Å². The smallest absolute Gasteiger partial charge is 0.271 e. The van der Waals surface area contributed by atoms with Crippen LogP contribution in [0.15, 0.2) is 84.1 Å². The molecule has 0 spiro atoms. The predicted octanol–water partition coefficient (Wildman–Crippen LogP) is 5.76. The summed E-state index contributed by atoms with van der Waals surface area (Å²) in [5, 5.41) is 6.50. The molecule has 29 heavy (non-hydrogen) atoms. The molecule has 0 aliphatic rings. The molecule has 0 aliphatic heterocycles. The van der Waals surface area contributed by atoms with Crippen molar-refractivity contribution in [1.82, 2.24) is 9.99 Å². The van der Waals surface area contributed by atoms with Gasteiger partial charge in [-0.05, 0) is 48.0 Å². The highest BCUT2D eigenvalue weighted by Gasteiger charge is 2.08. The third-order valence-corrected chi connectivity index (χ3v) is 5.07. The van der Waals surface area contributed by atoms with E-state index in [9.17, 15) is 4.79 Å². The highest BCUT2D eigenvalue weighted by atomic mass is 35.5. The van der Waals surface area contributed by atoms with Gasteiger partial charge in [-0.3, -0.25) is 4.79 Å². The first-order chi connectivity index (χ1) is 14.1. The van der Waals surface area contributed by atoms with Crippen LogP contribution in [0.5, 0.6) is 0 Å². The molecule has 0 bridgehead atoms. The lowest BCUT2D eigenvalue weighted by Gasteiger charge is -2.05. The van der Waals surface area contributed by atoms with E-state index < -0.39 is 0 Å². The van der Waals surface area contributed by atoms with Crippen LogP contribution in [-0.2, 0) is 6.54 Å². The van der Waals surface area contributed by atoms with Crippen molar-refractivity contribution in [2.24, 2.45) is 5.10 Å². The normalized spacial score (nSPS) is 11.2. The first-order valence-corrected chi connectivity index (χ1v) is 9.77. The number of hydrogen-bond donors (Lipinski definition) is 1. The number of amides is 1. The van der Waals surface area contributed by atoms with Crippen LogP contribution >= 0.6 is 23.2 Å². The van der Waals surface area contributed by atoms with Gasteiger partial charge in [0.25, 0.3) is 5.91 Å². The first-order valence-electron chi connectivity index (χ1n) is 9.01. The van der Waals surface area contributed by atoms with E-state index in [0.717, 1.165) is 27.1 Å². The fourth-order valence-electron chi connectivity index (χ4n) is 3.12. The maximum absolute atomic E-state index is 12.2. The molecule has 0 aliphatic carbocycles. The third kappa shape index (κ3) is 4.50. The molecule has 0 fully saturated rings. The van der Waals surface area contributed by atoms with E-state index in [1.54, 1.807) is 30.5 Å². The van der Waals surface area contributed by atoms with Gasteiger partial charge in [0, 0.05) is 44.8 Å². The number of aromatic nitrogens is 1. The summed E-state index contributed by atoms with van der Waals surface area (Å²) in [6.07, 6.45) is 3.69. The molecule has 4 aromatic rings. The number of nitrogens with zero attached hydrogens (tertiary/aromatic N) is 2. The quantitative estimate of drug-likeness (QED) is 0.323. The minimum Gasteiger partial charge on any atom is -0.342 e. The van der Waals surface area contributed by atoms with E-state index in [4.69, 9.17) is 23.2 Å². The number of rotatable bonds is 5. The molecule has 0 unspecified atom stereocenters. The SMILES string of the molecule is O=C(NN=Cc1cn(Cc2ccc(Cl)cc2)c2ccccc12)c1ccc(Cl)cc1. The Bertz CT molecular complexity index is 1180. The van der Waals surface area contributed by atoms with Crippen LogP contribution in [0.25, 0.3) is 10.9 Å². The van der Waals surface area contributed by atoms with E-state index >= 15 is 0 Å². The molecule has 1 N–H and O–H groups in total. The zero-order valence-corrected chi connectivity index (χ0v) is 16.9. The molecular formula is C23H17Cl2N3O. The van der Waals surface area contributed by atoms with Gasteiger partial charge in [-0.25, -0.2) is 5.43 Å². The van der Waals surface area contributed by atoms with Crippen LogP contribution in [0.2, 0.25) is 10.0 Å². The van der Waals surface area contributed by atoms with E-state index in [0.29, 0.717) is 17.1 Å². The molecule has 0 atom stereocenters. The monoisotopic (exact) mass is 421 g/mol. The number of carbonyl (C=O) groups excluding carboxylic acids is 1. The lowest BCUT2D eigenvalue weighted by molar-refractivity contribution is 0.0955. The zero-order valence-electron chi connectivity index (χ0n) is 15.3. The van der Waals surface area contributed by atoms with Crippen LogP contribution in [0.4, 0.5) is 0 Å². The van der Waals surface area contributed by atoms with Crippen molar-refractivity contribution >= 4 is 46.2 Å². The summed E-state index contributed by atoms with van der Waals surface area (Å²) in [6, 6.07) is 22.5.